The number of furan rings is 1. The molecule has 1 aromatic carbocycles. The zero-order valence-corrected chi connectivity index (χ0v) is 10.9. The summed E-state index contributed by atoms with van der Waals surface area (Å²) in [5.41, 5.74) is 1.30. The normalized spacial score (nSPS) is 12.9. The van der Waals surface area contributed by atoms with Crippen LogP contribution in [-0.2, 0) is 0 Å². The van der Waals surface area contributed by atoms with Gasteiger partial charge >= 0.3 is 0 Å². The minimum atomic E-state index is -0.313. The van der Waals surface area contributed by atoms with Crippen LogP contribution < -0.4 is 0 Å². The van der Waals surface area contributed by atoms with E-state index in [1.165, 1.54) is 12.1 Å². The Morgan fingerprint density at radius 1 is 1.44 bits per heavy atom. The lowest BCUT2D eigenvalue weighted by Crippen LogP contribution is -2.05. The van der Waals surface area contributed by atoms with Gasteiger partial charge in [-0.2, -0.15) is 0 Å². The van der Waals surface area contributed by atoms with Crippen molar-refractivity contribution in [2.75, 3.05) is 0 Å². The number of carbonyl (C=O) groups excluding carboxylic acids is 1. The molecule has 2 nitrogen and oxygen atoms in total. The molecule has 1 atom stereocenters. The molecule has 1 aromatic heterocycles. The van der Waals surface area contributed by atoms with E-state index in [1.807, 2.05) is 6.92 Å². The van der Waals surface area contributed by atoms with Gasteiger partial charge in [0.2, 0.25) is 0 Å². The SMILES string of the molecule is CCC(C)CC(=O)c1oc2ccc(F)cc2c1C. The van der Waals surface area contributed by atoms with Crippen molar-refractivity contribution in [3.63, 3.8) is 0 Å². The van der Waals surface area contributed by atoms with Crippen LogP contribution in [0.2, 0.25) is 0 Å². The smallest absolute Gasteiger partial charge is 0.198 e. The van der Waals surface area contributed by atoms with E-state index in [0.29, 0.717) is 29.1 Å². The van der Waals surface area contributed by atoms with Gasteiger partial charge in [0.1, 0.15) is 11.4 Å². The highest BCUT2D eigenvalue weighted by molar-refractivity contribution is 6.00. The Hall–Kier alpha value is -1.64. The van der Waals surface area contributed by atoms with Crippen LogP contribution in [0.5, 0.6) is 0 Å². The minimum Gasteiger partial charge on any atom is -0.453 e. The van der Waals surface area contributed by atoms with E-state index in [4.69, 9.17) is 4.42 Å². The number of hydrogen-bond acceptors (Lipinski definition) is 2. The second-order valence-electron chi connectivity index (χ2n) is 4.84. The maximum atomic E-state index is 13.2. The lowest BCUT2D eigenvalue weighted by molar-refractivity contribution is 0.0937. The van der Waals surface area contributed by atoms with E-state index >= 15 is 0 Å². The quantitative estimate of drug-likeness (QED) is 0.746. The molecule has 1 heterocycles. The fourth-order valence-corrected chi connectivity index (χ4v) is 2.01. The Kier molecular flexibility index (Phi) is 3.50. The van der Waals surface area contributed by atoms with Crippen LogP contribution in [0.25, 0.3) is 11.0 Å². The number of benzene rings is 1. The van der Waals surface area contributed by atoms with Crippen molar-refractivity contribution in [2.24, 2.45) is 5.92 Å². The predicted octanol–water partition coefficient (Wildman–Crippen LogP) is 4.50. The van der Waals surface area contributed by atoms with Crippen LogP contribution in [0, 0.1) is 18.7 Å². The van der Waals surface area contributed by atoms with Gasteiger partial charge in [0.05, 0.1) is 0 Å². The summed E-state index contributed by atoms with van der Waals surface area (Å²) in [5.74, 6) is 0.392. The monoisotopic (exact) mass is 248 g/mol. The molecule has 2 rings (SSSR count). The maximum absolute atomic E-state index is 13.2. The second-order valence-corrected chi connectivity index (χ2v) is 4.84. The van der Waals surface area contributed by atoms with Gasteiger partial charge in [-0.25, -0.2) is 4.39 Å². The van der Waals surface area contributed by atoms with Crippen molar-refractivity contribution in [1.82, 2.24) is 0 Å². The predicted molar refractivity (Wildman–Crippen MR) is 69.3 cm³/mol. The third kappa shape index (κ3) is 2.30. The molecule has 0 aliphatic carbocycles. The molecule has 96 valence electrons. The van der Waals surface area contributed by atoms with E-state index in [0.717, 1.165) is 12.0 Å². The molecule has 0 N–H and O–H groups in total. The van der Waals surface area contributed by atoms with Crippen molar-refractivity contribution in [1.29, 1.82) is 0 Å². The molecule has 0 aliphatic heterocycles. The highest BCUT2D eigenvalue weighted by Gasteiger charge is 2.19. The number of halogens is 1. The lowest BCUT2D eigenvalue weighted by Gasteiger charge is -2.05. The first-order valence-corrected chi connectivity index (χ1v) is 6.24. The number of hydrogen-bond donors (Lipinski definition) is 0. The van der Waals surface area contributed by atoms with Crippen molar-refractivity contribution in [3.05, 3.63) is 35.3 Å². The zero-order chi connectivity index (χ0) is 13.3. The van der Waals surface area contributed by atoms with Crippen LogP contribution >= 0.6 is 0 Å². The largest absolute Gasteiger partial charge is 0.453 e. The Balaban J connectivity index is 2.40. The molecule has 1 unspecified atom stereocenters. The van der Waals surface area contributed by atoms with Crippen LogP contribution in [0.15, 0.2) is 22.6 Å². The summed E-state index contributed by atoms with van der Waals surface area (Å²) in [5, 5.41) is 0.683. The molecule has 0 saturated heterocycles. The standard InChI is InChI=1S/C15H17FO2/c1-4-9(2)7-13(17)15-10(3)12-8-11(16)5-6-14(12)18-15/h5-6,8-9H,4,7H2,1-3H3. The average Bonchev–Trinajstić information content (AvgIpc) is 2.66. The lowest BCUT2D eigenvalue weighted by atomic mass is 9.99. The first-order valence-electron chi connectivity index (χ1n) is 6.24. The van der Waals surface area contributed by atoms with E-state index in [1.54, 1.807) is 13.0 Å². The molecule has 0 radical (unpaired) electrons. The highest BCUT2D eigenvalue weighted by Crippen LogP contribution is 2.27. The molecule has 18 heavy (non-hydrogen) atoms. The molecular weight excluding hydrogens is 231 g/mol. The summed E-state index contributed by atoms with van der Waals surface area (Å²) in [6.45, 7) is 5.89. The zero-order valence-electron chi connectivity index (χ0n) is 10.9. The molecule has 0 fully saturated rings. The number of Topliss-reactive ketones (excluding diaryl/α,β-unsaturated/α-hetero) is 1. The van der Waals surface area contributed by atoms with Crippen molar-refractivity contribution >= 4 is 16.8 Å². The summed E-state index contributed by atoms with van der Waals surface area (Å²) in [6, 6.07) is 4.32. The number of ketones is 1. The Morgan fingerprint density at radius 2 is 2.17 bits per heavy atom. The molecule has 0 aliphatic rings. The molecule has 2 aromatic rings. The van der Waals surface area contributed by atoms with Gasteiger partial charge in [0.15, 0.2) is 11.5 Å². The first kappa shape index (κ1) is 12.8. The summed E-state index contributed by atoms with van der Waals surface area (Å²) in [6.07, 6.45) is 1.43. The third-order valence-corrected chi connectivity index (χ3v) is 3.38. The van der Waals surface area contributed by atoms with Crippen molar-refractivity contribution in [2.45, 2.75) is 33.6 Å². The number of rotatable bonds is 4. The first-order chi connectivity index (χ1) is 8.52. The highest BCUT2D eigenvalue weighted by atomic mass is 19.1. The Morgan fingerprint density at radius 3 is 2.83 bits per heavy atom. The number of fused-ring (bicyclic) bond motifs is 1. The molecule has 0 spiro atoms. The fraction of sp³-hybridized carbons (Fsp3) is 0.400. The van der Waals surface area contributed by atoms with Crippen LogP contribution in [0.4, 0.5) is 4.39 Å². The van der Waals surface area contributed by atoms with E-state index < -0.39 is 0 Å². The van der Waals surface area contributed by atoms with Crippen LogP contribution in [0.3, 0.4) is 0 Å². The summed E-state index contributed by atoms with van der Waals surface area (Å²) in [7, 11) is 0. The Labute approximate surface area is 106 Å². The van der Waals surface area contributed by atoms with E-state index in [-0.39, 0.29) is 11.6 Å². The van der Waals surface area contributed by atoms with Crippen molar-refractivity contribution < 1.29 is 13.6 Å². The van der Waals surface area contributed by atoms with Gasteiger partial charge in [0, 0.05) is 17.4 Å². The van der Waals surface area contributed by atoms with E-state index in [9.17, 15) is 9.18 Å². The maximum Gasteiger partial charge on any atom is 0.198 e. The van der Waals surface area contributed by atoms with Gasteiger partial charge in [-0.1, -0.05) is 20.3 Å². The molecular formula is C15H17FO2. The van der Waals surface area contributed by atoms with Crippen LogP contribution in [0.1, 0.15) is 42.8 Å². The van der Waals surface area contributed by atoms with Crippen molar-refractivity contribution in [3.8, 4) is 0 Å². The number of carbonyl (C=O) groups is 1. The summed E-state index contributed by atoms with van der Waals surface area (Å²) < 4.78 is 18.7. The van der Waals surface area contributed by atoms with Gasteiger partial charge < -0.3 is 4.42 Å². The fourth-order valence-electron chi connectivity index (χ4n) is 2.01. The van der Waals surface area contributed by atoms with E-state index in [2.05, 4.69) is 6.92 Å². The third-order valence-electron chi connectivity index (χ3n) is 3.38. The molecule has 0 amide bonds. The van der Waals surface area contributed by atoms with Gasteiger partial charge in [-0.3, -0.25) is 4.79 Å². The Bertz CT molecular complexity index is 583. The van der Waals surface area contributed by atoms with Gasteiger partial charge in [0.25, 0.3) is 0 Å². The summed E-state index contributed by atoms with van der Waals surface area (Å²) in [4.78, 5) is 12.1. The minimum absolute atomic E-state index is 0.00143. The summed E-state index contributed by atoms with van der Waals surface area (Å²) >= 11 is 0. The molecule has 3 heteroatoms. The number of aryl methyl sites for hydroxylation is 1. The molecule has 0 saturated carbocycles. The van der Waals surface area contributed by atoms with Gasteiger partial charge in [-0.15, -0.1) is 0 Å². The second kappa shape index (κ2) is 4.92. The average molecular weight is 248 g/mol. The molecule has 0 bridgehead atoms. The topological polar surface area (TPSA) is 30.2 Å². The van der Waals surface area contributed by atoms with Gasteiger partial charge in [-0.05, 0) is 31.0 Å². The van der Waals surface area contributed by atoms with Crippen LogP contribution in [-0.4, -0.2) is 5.78 Å².